The zero-order valence-electron chi connectivity index (χ0n) is 23.8. The molecule has 1 aromatic carbocycles. The van der Waals surface area contributed by atoms with Gasteiger partial charge in [-0.15, -0.1) is 5.10 Å². The summed E-state index contributed by atoms with van der Waals surface area (Å²) < 4.78 is 0. The molecule has 1 N–H and O–H groups in total. The molecule has 5 heteroatoms. The van der Waals surface area contributed by atoms with Crippen molar-refractivity contribution in [2.45, 2.75) is 86.6 Å². The highest BCUT2D eigenvalue weighted by molar-refractivity contribution is 5.55. The predicted molar refractivity (Wildman–Crippen MR) is 155 cm³/mol. The van der Waals surface area contributed by atoms with E-state index in [4.69, 9.17) is 0 Å². The van der Waals surface area contributed by atoms with Gasteiger partial charge >= 0.3 is 0 Å². The molecule has 1 aromatic heterocycles. The van der Waals surface area contributed by atoms with E-state index in [1.54, 1.807) is 0 Å². The van der Waals surface area contributed by atoms with Gasteiger partial charge in [-0.25, -0.2) is 0 Å². The molecule has 1 aliphatic heterocycles. The van der Waals surface area contributed by atoms with Crippen molar-refractivity contribution in [1.29, 1.82) is 5.26 Å². The second-order valence-corrected chi connectivity index (χ2v) is 10.5. The van der Waals surface area contributed by atoms with Crippen molar-refractivity contribution in [2.24, 2.45) is 11.8 Å². The van der Waals surface area contributed by atoms with Crippen LogP contribution in [-0.4, -0.2) is 28.2 Å². The molecule has 0 spiro atoms. The molecule has 0 amide bonds. The van der Waals surface area contributed by atoms with E-state index in [-0.39, 0.29) is 0 Å². The monoisotopic (exact) mass is 499 g/mol. The van der Waals surface area contributed by atoms with Crippen molar-refractivity contribution < 1.29 is 0 Å². The molecular formula is C32H45N5. The molecular weight excluding hydrogens is 454 g/mol. The van der Waals surface area contributed by atoms with Gasteiger partial charge in [0.2, 0.25) is 0 Å². The lowest BCUT2D eigenvalue weighted by atomic mass is 9.92. The number of hydrogen-bond donors (Lipinski definition) is 1. The number of likely N-dealkylation sites (tertiary alicyclic amines) is 1. The molecule has 5 nitrogen and oxygen atoms in total. The Morgan fingerprint density at radius 2 is 1.95 bits per heavy atom. The number of nitrogens with one attached hydrogen (secondary N) is 1. The fraction of sp³-hybridized carbons (Fsp3) is 0.531. The van der Waals surface area contributed by atoms with Gasteiger partial charge in [0.1, 0.15) is 0 Å². The number of anilines is 1. The second-order valence-electron chi connectivity index (χ2n) is 10.5. The van der Waals surface area contributed by atoms with E-state index in [9.17, 15) is 5.26 Å². The van der Waals surface area contributed by atoms with Gasteiger partial charge in [-0.3, -0.25) is 0 Å². The van der Waals surface area contributed by atoms with Crippen LogP contribution in [0, 0.1) is 37.0 Å². The Hall–Kier alpha value is -3.13. The Kier molecular flexibility index (Phi) is 10.7. The third-order valence-corrected chi connectivity index (χ3v) is 7.80. The Balaban J connectivity index is 1.92. The van der Waals surface area contributed by atoms with Crippen molar-refractivity contribution in [3.8, 4) is 6.07 Å². The normalized spacial score (nSPS) is 18.9. The minimum Gasteiger partial charge on any atom is -0.371 e. The number of nitrogens with zero attached hydrogens (tertiary/aromatic N) is 4. The Bertz CT molecular complexity index is 1240. The van der Waals surface area contributed by atoms with Crippen molar-refractivity contribution in [3.63, 3.8) is 0 Å². The van der Waals surface area contributed by atoms with E-state index in [0.29, 0.717) is 18.0 Å². The van der Waals surface area contributed by atoms with Crippen LogP contribution >= 0.6 is 0 Å². The summed E-state index contributed by atoms with van der Waals surface area (Å²) in [6, 6.07) is 8.16. The first-order valence-corrected chi connectivity index (χ1v) is 14.1. The van der Waals surface area contributed by atoms with E-state index in [0.717, 1.165) is 58.5 Å². The average Bonchev–Trinajstić information content (AvgIpc) is 3.26. The van der Waals surface area contributed by atoms with Gasteiger partial charge in [-0.05, 0) is 68.7 Å². The third kappa shape index (κ3) is 7.22. The molecule has 198 valence electrons. The van der Waals surface area contributed by atoms with Crippen LogP contribution in [0.25, 0.3) is 12.2 Å². The van der Waals surface area contributed by atoms with E-state index in [1.165, 1.54) is 37.8 Å². The van der Waals surface area contributed by atoms with Gasteiger partial charge in [-0.1, -0.05) is 70.7 Å². The van der Waals surface area contributed by atoms with E-state index in [2.05, 4.69) is 78.5 Å². The number of hydrogen-bond acceptors (Lipinski definition) is 5. The van der Waals surface area contributed by atoms with Crippen LogP contribution in [0.1, 0.15) is 88.6 Å². The van der Waals surface area contributed by atoms with Gasteiger partial charge < -0.3 is 10.2 Å². The fourth-order valence-electron chi connectivity index (χ4n) is 5.46. The lowest BCUT2D eigenvalue weighted by Crippen LogP contribution is -2.34. The Morgan fingerprint density at radius 3 is 2.65 bits per heavy atom. The Labute approximate surface area is 224 Å². The topological polar surface area (TPSA) is 64.8 Å². The zero-order chi connectivity index (χ0) is 26.8. The van der Waals surface area contributed by atoms with Crippen molar-refractivity contribution >= 4 is 18.0 Å². The summed E-state index contributed by atoms with van der Waals surface area (Å²) in [6.07, 6.45) is 14.5. The van der Waals surface area contributed by atoms with Gasteiger partial charge in [0.05, 0.1) is 17.3 Å². The van der Waals surface area contributed by atoms with Crippen molar-refractivity contribution in [3.05, 3.63) is 62.8 Å². The van der Waals surface area contributed by atoms with Gasteiger partial charge in [0, 0.05) is 35.8 Å². The van der Waals surface area contributed by atoms with E-state index >= 15 is 0 Å². The zero-order valence-corrected chi connectivity index (χ0v) is 23.8. The lowest BCUT2D eigenvalue weighted by Gasteiger charge is -2.21. The second kappa shape index (κ2) is 14.0. The first-order chi connectivity index (χ1) is 17.9. The highest BCUT2D eigenvalue weighted by atomic mass is 15.2. The van der Waals surface area contributed by atoms with Crippen LogP contribution in [0.5, 0.6) is 0 Å². The summed E-state index contributed by atoms with van der Waals surface area (Å²) in [7, 11) is 0. The van der Waals surface area contributed by atoms with Crippen LogP contribution in [-0.2, 0) is 6.54 Å². The maximum absolute atomic E-state index is 9.42. The largest absolute Gasteiger partial charge is 0.371 e. The molecule has 1 aliphatic rings. The molecule has 37 heavy (non-hydrogen) atoms. The molecule has 0 radical (unpaired) electrons. The molecule has 0 aliphatic carbocycles. The summed E-state index contributed by atoms with van der Waals surface area (Å²) in [5.41, 5.74) is 5.03. The minimum atomic E-state index is 0.594. The van der Waals surface area contributed by atoms with Crippen LogP contribution < -0.4 is 15.8 Å². The number of aromatic nitrogens is 2. The molecule has 2 atom stereocenters. The lowest BCUT2D eigenvalue weighted by molar-refractivity contribution is 0.390. The van der Waals surface area contributed by atoms with Gasteiger partial charge in [0.15, 0.2) is 5.82 Å². The van der Waals surface area contributed by atoms with Gasteiger partial charge in [-0.2, -0.15) is 10.4 Å². The predicted octanol–water partition coefficient (Wildman–Crippen LogP) is 5.99. The van der Waals surface area contributed by atoms with E-state index in [1.807, 2.05) is 26.0 Å². The Morgan fingerprint density at radius 1 is 1.14 bits per heavy atom. The number of nitriles is 1. The molecule has 1 saturated heterocycles. The SMILES string of the molecule is C/C=c1/c(C)nnc(NCc2cccc(C#N)c2C)/c1=C/C(=C/CC)N1CC(C)C(CCCCCC)C1. The molecule has 3 rings (SSSR count). The summed E-state index contributed by atoms with van der Waals surface area (Å²) in [4.78, 5) is 2.58. The number of benzene rings is 1. The average molecular weight is 500 g/mol. The number of rotatable bonds is 11. The van der Waals surface area contributed by atoms with Crippen molar-refractivity contribution in [1.82, 2.24) is 15.1 Å². The van der Waals surface area contributed by atoms with Crippen LogP contribution in [0.4, 0.5) is 5.82 Å². The highest BCUT2D eigenvalue weighted by Gasteiger charge is 2.29. The van der Waals surface area contributed by atoms with Crippen LogP contribution in [0.3, 0.4) is 0 Å². The summed E-state index contributed by atoms with van der Waals surface area (Å²) >= 11 is 0. The maximum atomic E-state index is 9.42. The molecule has 2 unspecified atom stereocenters. The third-order valence-electron chi connectivity index (χ3n) is 7.80. The standard InChI is InChI=1S/C32H45N5/c1-7-10-11-12-15-28-22-37(21-23(28)4)29(14-8-2)18-31-30(9-3)25(6)35-36-32(31)34-20-27-17-13-16-26(19-33)24(27)5/h9,13-14,16-18,23,28H,7-8,10-12,15,20-22H2,1-6H3,(H,34,36)/b29-14-,30-9-,31-18+. The van der Waals surface area contributed by atoms with Crippen LogP contribution in [0.15, 0.2) is 30.0 Å². The minimum absolute atomic E-state index is 0.594. The molecule has 1 fully saturated rings. The summed E-state index contributed by atoms with van der Waals surface area (Å²) in [5, 5.41) is 24.2. The first-order valence-electron chi connectivity index (χ1n) is 14.1. The van der Waals surface area contributed by atoms with Crippen molar-refractivity contribution in [2.75, 3.05) is 18.4 Å². The molecule has 2 aromatic rings. The number of allylic oxidation sites excluding steroid dienone is 2. The number of aryl methyl sites for hydroxylation is 1. The summed E-state index contributed by atoms with van der Waals surface area (Å²) in [5.74, 6) is 2.25. The fourth-order valence-corrected chi connectivity index (χ4v) is 5.46. The quantitative estimate of drug-likeness (QED) is 0.385. The van der Waals surface area contributed by atoms with Crippen LogP contribution in [0.2, 0.25) is 0 Å². The molecule has 0 saturated carbocycles. The van der Waals surface area contributed by atoms with E-state index < -0.39 is 0 Å². The number of unbranched alkanes of at least 4 members (excludes halogenated alkanes) is 3. The summed E-state index contributed by atoms with van der Waals surface area (Å²) in [6.45, 7) is 15.8. The highest BCUT2D eigenvalue weighted by Crippen LogP contribution is 2.30. The first kappa shape index (κ1) is 28.4. The molecule has 2 heterocycles. The smallest absolute Gasteiger partial charge is 0.156 e. The maximum Gasteiger partial charge on any atom is 0.156 e. The van der Waals surface area contributed by atoms with Gasteiger partial charge in [0.25, 0.3) is 0 Å². The molecule has 0 bridgehead atoms.